The van der Waals surface area contributed by atoms with Gasteiger partial charge in [0.2, 0.25) is 0 Å². The molecule has 0 aliphatic carbocycles. The van der Waals surface area contributed by atoms with Crippen LogP contribution in [0.3, 0.4) is 0 Å². The number of aromatic nitrogens is 2. The number of hydrogen-bond donors (Lipinski definition) is 2. The number of carboxylic acid groups (broad SMARTS) is 1. The summed E-state index contributed by atoms with van der Waals surface area (Å²) in [6.45, 7) is 2.68. The summed E-state index contributed by atoms with van der Waals surface area (Å²) >= 11 is 13.6. The van der Waals surface area contributed by atoms with Crippen LogP contribution in [0.1, 0.15) is 11.1 Å². The fourth-order valence-corrected chi connectivity index (χ4v) is 8.61. The molecule has 0 bridgehead atoms. The van der Waals surface area contributed by atoms with E-state index >= 15 is 0 Å². The predicted molar refractivity (Wildman–Crippen MR) is 137 cm³/mol. The van der Waals surface area contributed by atoms with Crippen molar-refractivity contribution in [3.8, 4) is 11.3 Å². The minimum atomic E-state index is -0.806. The fourth-order valence-electron chi connectivity index (χ4n) is 3.75. The van der Waals surface area contributed by atoms with E-state index in [4.69, 9.17) is 28.2 Å². The first-order chi connectivity index (χ1) is 15.9. The Labute approximate surface area is 218 Å². The molecule has 2 N–H and O–H groups in total. The second kappa shape index (κ2) is 11.4. The van der Waals surface area contributed by atoms with E-state index in [0.29, 0.717) is 29.7 Å². The Morgan fingerprint density at radius 3 is 2.76 bits per heavy atom. The van der Waals surface area contributed by atoms with Gasteiger partial charge in [-0.2, -0.15) is 0 Å². The van der Waals surface area contributed by atoms with Crippen LogP contribution < -0.4 is 14.3 Å². The zero-order valence-electron chi connectivity index (χ0n) is 17.8. The van der Waals surface area contributed by atoms with E-state index in [1.54, 1.807) is 0 Å². The molecule has 0 saturated carbocycles. The van der Waals surface area contributed by atoms with Crippen LogP contribution in [0, 0.1) is 0 Å². The summed E-state index contributed by atoms with van der Waals surface area (Å²) in [6, 6.07) is 13.3. The first-order valence-electron chi connectivity index (χ1n) is 10.5. The molecular formula is C23H24As2Cl2N4O2. The van der Waals surface area contributed by atoms with Gasteiger partial charge < -0.3 is 0 Å². The summed E-state index contributed by atoms with van der Waals surface area (Å²) in [6.07, 6.45) is 1.83. The number of benzene rings is 2. The van der Waals surface area contributed by atoms with Gasteiger partial charge in [0, 0.05) is 0 Å². The van der Waals surface area contributed by atoms with Crippen molar-refractivity contribution in [2.45, 2.75) is 17.8 Å². The first kappa shape index (κ1) is 24.7. The molecule has 1 aliphatic rings. The van der Waals surface area contributed by atoms with Crippen LogP contribution >= 0.6 is 23.2 Å². The first-order valence-corrected chi connectivity index (χ1v) is 15.0. The normalized spacial score (nSPS) is 17.0. The molecule has 3 aromatic rings. The maximum atomic E-state index is 11.3. The number of rotatable bonds is 7. The van der Waals surface area contributed by atoms with Crippen LogP contribution in [0.15, 0.2) is 48.7 Å². The van der Waals surface area contributed by atoms with Crippen LogP contribution in [-0.2, 0) is 16.5 Å². The summed E-state index contributed by atoms with van der Waals surface area (Å²) in [4.78, 5) is 23.1. The Hall–Kier alpha value is -1.39. The summed E-state index contributed by atoms with van der Waals surface area (Å²) < 4.78 is 2.08. The van der Waals surface area contributed by atoms with E-state index in [1.807, 2.05) is 36.5 Å². The summed E-state index contributed by atoms with van der Waals surface area (Å²) in [5.41, 5.74) is 3.98. The molecule has 0 radical (unpaired) electrons. The van der Waals surface area contributed by atoms with Gasteiger partial charge in [-0.15, -0.1) is 0 Å². The van der Waals surface area contributed by atoms with Crippen molar-refractivity contribution in [1.29, 1.82) is 0 Å². The molecule has 1 fully saturated rings. The zero-order valence-corrected chi connectivity index (χ0v) is 23.8. The Bertz CT molecular complexity index is 1140. The van der Waals surface area contributed by atoms with E-state index in [9.17, 15) is 9.90 Å². The van der Waals surface area contributed by atoms with Gasteiger partial charge in [-0.25, -0.2) is 0 Å². The van der Waals surface area contributed by atoms with Crippen LogP contribution in [-0.4, -0.2) is 84.2 Å². The maximum absolute atomic E-state index is 11.3. The van der Waals surface area contributed by atoms with E-state index in [2.05, 4.69) is 27.3 Å². The van der Waals surface area contributed by atoms with Crippen molar-refractivity contribution in [3.05, 3.63) is 69.8 Å². The average molecular weight is 609 g/mol. The topological polar surface area (TPSA) is 78.3 Å². The number of carbonyl (C=O) groups is 1. The Kier molecular flexibility index (Phi) is 8.51. The molecule has 10 heteroatoms. The minimum absolute atomic E-state index is 0.492. The van der Waals surface area contributed by atoms with E-state index in [-0.39, 0.29) is 0 Å². The van der Waals surface area contributed by atoms with E-state index < -0.39 is 27.8 Å². The van der Waals surface area contributed by atoms with Gasteiger partial charge in [-0.1, -0.05) is 0 Å². The molecule has 0 amide bonds. The molecule has 33 heavy (non-hydrogen) atoms. The monoisotopic (exact) mass is 608 g/mol. The van der Waals surface area contributed by atoms with Crippen molar-refractivity contribution < 1.29 is 9.90 Å². The Balaban J connectivity index is 1.50. The van der Waals surface area contributed by atoms with Crippen LogP contribution in [0.2, 0.25) is 10.0 Å². The summed E-state index contributed by atoms with van der Waals surface area (Å²) in [5.74, 6) is -0.806. The second-order valence-corrected chi connectivity index (χ2v) is 12.3. The van der Waals surface area contributed by atoms with Gasteiger partial charge in [0.05, 0.1) is 0 Å². The van der Waals surface area contributed by atoms with Crippen molar-refractivity contribution in [1.82, 2.24) is 20.2 Å². The molecule has 2 heterocycles. The number of aliphatic carboxylic acids is 1. The van der Waals surface area contributed by atoms with Gasteiger partial charge in [-0.3, -0.25) is 0 Å². The fraction of sp³-hybridized carbons (Fsp3) is 0.261. The molecule has 1 saturated heterocycles. The zero-order chi connectivity index (χ0) is 23.4. The van der Waals surface area contributed by atoms with Gasteiger partial charge >= 0.3 is 219 Å². The van der Waals surface area contributed by atoms with E-state index in [1.165, 1.54) is 16.9 Å². The molecule has 2 unspecified atom stereocenters. The standard InChI is InChI=1S/C23H24As2Cl2N4O2/c24-21-22(25-10-16-17(26)5-2-6-18(16)27)30-19(11-29-21)15-4-1-3-14(9-15)12-31-8-7-28-20(13-31)23(32)33/h1-6,9,11,20,25,28H,7-8,10,12-13,24H2,(H,32,33)/t20-/m0/s1. The SMILES string of the molecule is O=C(O)[C@@H]1CN(Cc2cccc(-c3cnc([AsH2])c([AsH]Cc4c(Cl)cccc4Cl)n3)c2)CCN1. The molecule has 3 atom stereocenters. The average Bonchev–Trinajstić information content (AvgIpc) is 2.80. The third-order valence-electron chi connectivity index (χ3n) is 5.48. The third kappa shape index (κ3) is 6.39. The molecule has 0 spiro atoms. The molecule has 6 nitrogen and oxygen atoms in total. The van der Waals surface area contributed by atoms with Gasteiger partial charge in [0.1, 0.15) is 0 Å². The van der Waals surface area contributed by atoms with Crippen LogP contribution in [0.5, 0.6) is 0 Å². The number of nitrogens with zero attached hydrogens (tertiary/aromatic N) is 3. The molecule has 4 rings (SSSR count). The predicted octanol–water partition coefficient (Wildman–Crippen LogP) is 0.829. The van der Waals surface area contributed by atoms with Crippen molar-refractivity contribution in [3.63, 3.8) is 0 Å². The number of piperazine rings is 1. The van der Waals surface area contributed by atoms with Gasteiger partial charge in [0.15, 0.2) is 0 Å². The summed E-state index contributed by atoms with van der Waals surface area (Å²) in [5, 5.41) is 14.6. The van der Waals surface area contributed by atoms with Gasteiger partial charge in [0.25, 0.3) is 0 Å². The molecular weight excluding hydrogens is 585 g/mol. The van der Waals surface area contributed by atoms with Crippen LogP contribution in [0.4, 0.5) is 0 Å². The molecule has 1 aliphatic heterocycles. The Morgan fingerprint density at radius 2 is 2.00 bits per heavy atom. The van der Waals surface area contributed by atoms with Crippen molar-refractivity contribution >= 4 is 70.7 Å². The van der Waals surface area contributed by atoms with Gasteiger partial charge in [-0.05, 0) is 0 Å². The quantitative estimate of drug-likeness (QED) is 0.387. The van der Waals surface area contributed by atoms with Crippen molar-refractivity contribution in [2.75, 3.05) is 19.6 Å². The summed E-state index contributed by atoms with van der Waals surface area (Å²) in [7, 11) is 0. The van der Waals surface area contributed by atoms with Crippen molar-refractivity contribution in [2.24, 2.45) is 0 Å². The second-order valence-electron chi connectivity index (χ2n) is 7.82. The number of nitrogens with one attached hydrogen (secondary N) is 1. The molecule has 2 aromatic carbocycles. The number of carboxylic acids is 1. The number of halogens is 2. The molecule has 1 aromatic heterocycles. The number of hydrogen-bond acceptors (Lipinski definition) is 5. The van der Waals surface area contributed by atoms with E-state index in [0.717, 1.165) is 43.1 Å². The van der Waals surface area contributed by atoms with Crippen LogP contribution in [0.25, 0.3) is 11.3 Å². The molecule has 172 valence electrons. The third-order valence-corrected chi connectivity index (χ3v) is 10.9. The Morgan fingerprint density at radius 1 is 1.24 bits per heavy atom.